The summed E-state index contributed by atoms with van der Waals surface area (Å²) in [5.41, 5.74) is 9.23. The molecule has 1 fully saturated rings. The van der Waals surface area contributed by atoms with E-state index in [-0.39, 0.29) is 0 Å². The molecule has 1 heterocycles. The second kappa shape index (κ2) is 5.91. The van der Waals surface area contributed by atoms with Crippen molar-refractivity contribution in [3.63, 3.8) is 0 Å². The van der Waals surface area contributed by atoms with E-state index in [1.54, 1.807) is 0 Å². The second-order valence-electron chi connectivity index (χ2n) is 3.75. The summed E-state index contributed by atoms with van der Waals surface area (Å²) < 4.78 is 0. The first-order valence-corrected chi connectivity index (χ1v) is 5.18. The molecular formula is C9H20N4. The average Bonchev–Trinajstić information content (AvgIpc) is 2.15. The molecule has 0 amide bonds. The standard InChI is InChI=1S/C9H20N4/c1-9-5-2-3-7-13(9)8-4-6-11-12-10/h9H,2-8H2,1H3,(H2,10,11). The van der Waals surface area contributed by atoms with E-state index >= 15 is 0 Å². The fraction of sp³-hybridized carbons (Fsp3) is 1.00. The van der Waals surface area contributed by atoms with Crippen LogP contribution in [-0.2, 0) is 0 Å². The molecule has 1 rings (SSSR count). The number of nitrogens with zero attached hydrogens (tertiary/aromatic N) is 2. The Morgan fingerprint density at radius 3 is 3.08 bits per heavy atom. The van der Waals surface area contributed by atoms with Crippen LogP contribution in [0.1, 0.15) is 32.6 Å². The van der Waals surface area contributed by atoms with E-state index in [1.165, 1.54) is 25.8 Å². The molecule has 0 radical (unpaired) electrons. The third-order valence-electron chi connectivity index (χ3n) is 2.75. The van der Waals surface area contributed by atoms with Crippen LogP contribution in [0, 0.1) is 5.53 Å². The molecule has 0 saturated carbocycles. The van der Waals surface area contributed by atoms with Crippen LogP contribution in [0.4, 0.5) is 0 Å². The minimum atomic E-state index is 0.752. The number of nitrogens with one attached hydrogen (secondary N) is 2. The Hall–Kier alpha value is -0.640. The van der Waals surface area contributed by atoms with Crippen molar-refractivity contribution >= 4 is 0 Å². The van der Waals surface area contributed by atoms with Crippen LogP contribution in [-0.4, -0.2) is 30.6 Å². The molecule has 0 aromatic rings. The molecule has 0 spiro atoms. The molecule has 1 saturated heterocycles. The summed E-state index contributed by atoms with van der Waals surface area (Å²) in [5, 5.41) is 3.12. The van der Waals surface area contributed by atoms with E-state index in [4.69, 9.17) is 5.53 Å². The van der Waals surface area contributed by atoms with Gasteiger partial charge in [0.2, 0.25) is 0 Å². The van der Waals surface area contributed by atoms with Gasteiger partial charge >= 0.3 is 0 Å². The van der Waals surface area contributed by atoms with Gasteiger partial charge in [-0.05, 0) is 32.7 Å². The van der Waals surface area contributed by atoms with Gasteiger partial charge in [-0.3, -0.25) is 5.43 Å². The first-order chi connectivity index (χ1) is 6.34. The molecule has 1 aliphatic heterocycles. The molecule has 13 heavy (non-hydrogen) atoms. The molecule has 0 bridgehead atoms. The van der Waals surface area contributed by atoms with Gasteiger partial charge in [-0.1, -0.05) is 11.6 Å². The van der Waals surface area contributed by atoms with Gasteiger partial charge in [0.1, 0.15) is 0 Å². The molecule has 0 aromatic carbocycles. The summed E-state index contributed by atoms with van der Waals surface area (Å²) in [6.07, 6.45) is 5.17. The SMILES string of the molecule is CC1CCCCN1CCCNN=N. The van der Waals surface area contributed by atoms with Crippen molar-refractivity contribution < 1.29 is 0 Å². The van der Waals surface area contributed by atoms with E-state index in [2.05, 4.69) is 22.5 Å². The smallest absolute Gasteiger partial charge is 0.0358 e. The molecular weight excluding hydrogens is 164 g/mol. The Morgan fingerprint density at radius 1 is 1.54 bits per heavy atom. The number of piperidine rings is 1. The van der Waals surface area contributed by atoms with Crippen LogP contribution in [0.3, 0.4) is 0 Å². The average molecular weight is 184 g/mol. The lowest BCUT2D eigenvalue weighted by Gasteiger charge is -2.33. The highest BCUT2D eigenvalue weighted by atomic mass is 15.4. The summed E-state index contributed by atoms with van der Waals surface area (Å²) in [7, 11) is 0. The van der Waals surface area contributed by atoms with Crippen LogP contribution >= 0.6 is 0 Å². The topological polar surface area (TPSA) is 51.5 Å². The Morgan fingerprint density at radius 2 is 2.38 bits per heavy atom. The quantitative estimate of drug-likeness (QED) is 0.389. The molecule has 76 valence electrons. The number of hydrogen-bond acceptors (Lipinski definition) is 3. The van der Waals surface area contributed by atoms with Gasteiger partial charge in [-0.25, -0.2) is 0 Å². The third kappa shape index (κ3) is 3.72. The van der Waals surface area contributed by atoms with Gasteiger partial charge in [0.25, 0.3) is 0 Å². The van der Waals surface area contributed by atoms with Crippen molar-refractivity contribution in [2.24, 2.45) is 5.22 Å². The van der Waals surface area contributed by atoms with Gasteiger partial charge in [0.05, 0.1) is 0 Å². The summed E-state index contributed by atoms with van der Waals surface area (Å²) in [6.45, 7) is 5.52. The Kier molecular flexibility index (Phi) is 4.75. The Balaban J connectivity index is 2.08. The van der Waals surface area contributed by atoms with Gasteiger partial charge < -0.3 is 4.90 Å². The second-order valence-corrected chi connectivity index (χ2v) is 3.75. The molecule has 0 aliphatic carbocycles. The van der Waals surface area contributed by atoms with Crippen LogP contribution in [0.5, 0.6) is 0 Å². The first kappa shape index (κ1) is 10.4. The lowest BCUT2D eigenvalue weighted by Crippen LogP contribution is -2.38. The van der Waals surface area contributed by atoms with Crippen molar-refractivity contribution in [1.29, 1.82) is 5.53 Å². The van der Waals surface area contributed by atoms with E-state index < -0.39 is 0 Å². The predicted octanol–water partition coefficient (Wildman–Crippen LogP) is 1.79. The Bertz CT molecular complexity index is 149. The molecule has 1 aliphatic rings. The summed E-state index contributed by atoms with van der Waals surface area (Å²) in [6, 6.07) is 0.752. The van der Waals surface area contributed by atoms with Crippen LogP contribution in [0.25, 0.3) is 0 Å². The predicted molar refractivity (Wildman–Crippen MR) is 52.7 cm³/mol. The fourth-order valence-electron chi connectivity index (χ4n) is 1.91. The van der Waals surface area contributed by atoms with Crippen LogP contribution in [0.2, 0.25) is 0 Å². The van der Waals surface area contributed by atoms with Crippen molar-refractivity contribution in [3.05, 3.63) is 0 Å². The summed E-state index contributed by atoms with van der Waals surface area (Å²) >= 11 is 0. The zero-order valence-corrected chi connectivity index (χ0v) is 8.42. The molecule has 4 heteroatoms. The highest BCUT2D eigenvalue weighted by molar-refractivity contribution is 4.72. The zero-order chi connectivity index (χ0) is 9.52. The lowest BCUT2D eigenvalue weighted by atomic mass is 10.0. The van der Waals surface area contributed by atoms with E-state index in [0.29, 0.717) is 0 Å². The first-order valence-electron chi connectivity index (χ1n) is 5.18. The van der Waals surface area contributed by atoms with Crippen LogP contribution in [0.15, 0.2) is 5.22 Å². The normalized spacial score (nSPS) is 24.2. The highest BCUT2D eigenvalue weighted by Gasteiger charge is 2.16. The number of rotatable bonds is 5. The summed E-state index contributed by atoms with van der Waals surface area (Å²) in [5.74, 6) is 0. The largest absolute Gasteiger partial charge is 0.301 e. The maximum Gasteiger partial charge on any atom is 0.0358 e. The lowest BCUT2D eigenvalue weighted by molar-refractivity contribution is 0.159. The van der Waals surface area contributed by atoms with E-state index in [9.17, 15) is 0 Å². The van der Waals surface area contributed by atoms with E-state index in [1.807, 2.05) is 0 Å². The number of hydrogen-bond donors (Lipinski definition) is 2. The van der Waals surface area contributed by atoms with Crippen molar-refractivity contribution in [1.82, 2.24) is 10.3 Å². The zero-order valence-electron chi connectivity index (χ0n) is 8.42. The Labute approximate surface area is 80.2 Å². The summed E-state index contributed by atoms with van der Waals surface area (Å²) in [4.78, 5) is 2.54. The monoisotopic (exact) mass is 184 g/mol. The molecule has 4 nitrogen and oxygen atoms in total. The van der Waals surface area contributed by atoms with Gasteiger partial charge in [-0.2, -0.15) is 5.53 Å². The third-order valence-corrected chi connectivity index (χ3v) is 2.75. The molecule has 1 atom stereocenters. The van der Waals surface area contributed by atoms with Gasteiger partial charge in [0.15, 0.2) is 0 Å². The van der Waals surface area contributed by atoms with E-state index in [0.717, 1.165) is 25.6 Å². The van der Waals surface area contributed by atoms with Crippen molar-refractivity contribution in [2.75, 3.05) is 19.6 Å². The highest BCUT2D eigenvalue weighted by Crippen LogP contribution is 2.15. The number of likely N-dealkylation sites (tertiary alicyclic amines) is 1. The van der Waals surface area contributed by atoms with Gasteiger partial charge in [0, 0.05) is 19.1 Å². The maximum absolute atomic E-state index is 6.57. The van der Waals surface area contributed by atoms with Gasteiger partial charge in [-0.15, -0.1) is 0 Å². The fourth-order valence-corrected chi connectivity index (χ4v) is 1.91. The molecule has 1 unspecified atom stereocenters. The van der Waals surface area contributed by atoms with Crippen molar-refractivity contribution in [3.8, 4) is 0 Å². The molecule has 2 N–H and O–H groups in total. The van der Waals surface area contributed by atoms with Crippen LogP contribution < -0.4 is 5.43 Å². The maximum atomic E-state index is 6.57. The minimum absolute atomic E-state index is 0.752. The molecule has 0 aromatic heterocycles. The minimum Gasteiger partial charge on any atom is -0.301 e. The van der Waals surface area contributed by atoms with Crippen molar-refractivity contribution in [2.45, 2.75) is 38.6 Å².